The second-order valence-electron chi connectivity index (χ2n) is 4.97. The fourth-order valence-electron chi connectivity index (χ4n) is 2.19. The molecule has 1 unspecified atom stereocenters. The lowest BCUT2D eigenvalue weighted by Gasteiger charge is -2.34. The van der Waals surface area contributed by atoms with Crippen LogP contribution in [0.5, 0.6) is 0 Å². The number of carbonyl (C=O) groups is 1. The van der Waals surface area contributed by atoms with Crippen LogP contribution in [-0.2, 0) is 14.8 Å². The van der Waals surface area contributed by atoms with E-state index in [0.717, 1.165) is 12.1 Å². The molecular weight excluding hydrogens is 297 g/mol. The molecule has 1 atom stereocenters. The Morgan fingerprint density at radius 1 is 1.19 bits per heavy atom. The molecular formula is C13H18FN3O3S. The summed E-state index contributed by atoms with van der Waals surface area (Å²) >= 11 is 0. The first-order valence-electron chi connectivity index (χ1n) is 6.62. The van der Waals surface area contributed by atoms with Crippen LogP contribution in [0.2, 0.25) is 0 Å². The third-order valence-electron chi connectivity index (χ3n) is 3.39. The summed E-state index contributed by atoms with van der Waals surface area (Å²) in [5, 5.41) is 0. The Hall–Kier alpha value is -1.51. The summed E-state index contributed by atoms with van der Waals surface area (Å²) in [6.07, 6.45) is 0. The van der Waals surface area contributed by atoms with Gasteiger partial charge in [-0.2, -0.15) is 4.31 Å². The molecule has 0 aliphatic carbocycles. The van der Waals surface area contributed by atoms with Crippen molar-refractivity contribution in [2.45, 2.75) is 17.9 Å². The van der Waals surface area contributed by atoms with Crippen molar-refractivity contribution in [1.29, 1.82) is 0 Å². The first-order chi connectivity index (χ1) is 9.82. The van der Waals surface area contributed by atoms with Crippen molar-refractivity contribution in [3.63, 3.8) is 0 Å². The zero-order valence-electron chi connectivity index (χ0n) is 11.7. The largest absolute Gasteiger partial charge is 0.339 e. The van der Waals surface area contributed by atoms with E-state index in [2.05, 4.69) is 0 Å². The molecule has 0 saturated carbocycles. The predicted molar refractivity (Wildman–Crippen MR) is 75.4 cm³/mol. The number of hydrogen-bond donors (Lipinski definition) is 1. The topological polar surface area (TPSA) is 83.7 Å². The maximum absolute atomic E-state index is 12.9. The molecule has 21 heavy (non-hydrogen) atoms. The molecule has 1 aromatic carbocycles. The van der Waals surface area contributed by atoms with Crippen LogP contribution >= 0.6 is 0 Å². The molecule has 1 saturated heterocycles. The van der Waals surface area contributed by atoms with Gasteiger partial charge >= 0.3 is 0 Å². The van der Waals surface area contributed by atoms with Gasteiger partial charge in [-0.15, -0.1) is 0 Å². The van der Waals surface area contributed by atoms with E-state index in [1.165, 1.54) is 16.4 Å². The summed E-state index contributed by atoms with van der Waals surface area (Å²) in [6.45, 7) is 2.63. The average Bonchev–Trinajstić information content (AvgIpc) is 2.47. The van der Waals surface area contributed by atoms with Gasteiger partial charge in [-0.25, -0.2) is 12.8 Å². The van der Waals surface area contributed by atoms with Crippen LogP contribution in [0.3, 0.4) is 0 Å². The molecule has 116 valence electrons. The first kappa shape index (κ1) is 15.9. The third-order valence-corrected chi connectivity index (χ3v) is 5.30. The van der Waals surface area contributed by atoms with Crippen molar-refractivity contribution in [2.24, 2.45) is 5.73 Å². The SMILES string of the molecule is CC(N)C(=O)N1CCN(S(=O)(=O)c2ccc(F)cc2)CC1. The van der Waals surface area contributed by atoms with E-state index >= 15 is 0 Å². The third kappa shape index (κ3) is 3.39. The van der Waals surface area contributed by atoms with Gasteiger partial charge < -0.3 is 10.6 Å². The molecule has 1 heterocycles. The van der Waals surface area contributed by atoms with Crippen LogP contribution in [0.4, 0.5) is 4.39 Å². The molecule has 1 aromatic rings. The molecule has 0 radical (unpaired) electrons. The van der Waals surface area contributed by atoms with Crippen molar-refractivity contribution in [1.82, 2.24) is 9.21 Å². The summed E-state index contributed by atoms with van der Waals surface area (Å²) < 4.78 is 38.9. The summed E-state index contributed by atoms with van der Waals surface area (Å²) in [7, 11) is -3.65. The summed E-state index contributed by atoms with van der Waals surface area (Å²) in [5.74, 6) is -0.671. The van der Waals surface area contributed by atoms with E-state index in [0.29, 0.717) is 13.1 Å². The molecule has 1 aliphatic rings. The lowest BCUT2D eigenvalue weighted by Crippen LogP contribution is -2.53. The van der Waals surface area contributed by atoms with E-state index in [1.54, 1.807) is 11.8 Å². The molecule has 0 aromatic heterocycles. The minimum Gasteiger partial charge on any atom is -0.339 e. The van der Waals surface area contributed by atoms with E-state index in [4.69, 9.17) is 5.73 Å². The Morgan fingerprint density at radius 3 is 2.19 bits per heavy atom. The first-order valence-corrected chi connectivity index (χ1v) is 8.06. The second kappa shape index (κ2) is 6.08. The number of hydrogen-bond acceptors (Lipinski definition) is 4. The molecule has 0 spiro atoms. The molecule has 6 nitrogen and oxygen atoms in total. The van der Waals surface area contributed by atoms with Crippen molar-refractivity contribution >= 4 is 15.9 Å². The Morgan fingerprint density at radius 2 is 1.71 bits per heavy atom. The van der Waals surface area contributed by atoms with E-state index in [1.807, 2.05) is 0 Å². The number of benzene rings is 1. The number of amides is 1. The van der Waals surface area contributed by atoms with Gasteiger partial charge in [0.05, 0.1) is 10.9 Å². The molecule has 1 fully saturated rings. The lowest BCUT2D eigenvalue weighted by molar-refractivity contribution is -0.133. The van der Waals surface area contributed by atoms with Crippen molar-refractivity contribution in [3.05, 3.63) is 30.1 Å². The fraction of sp³-hybridized carbons (Fsp3) is 0.462. The summed E-state index contributed by atoms with van der Waals surface area (Å²) in [5.41, 5.74) is 5.53. The quantitative estimate of drug-likeness (QED) is 0.851. The van der Waals surface area contributed by atoms with Gasteiger partial charge in [-0.1, -0.05) is 0 Å². The van der Waals surface area contributed by atoms with Crippen molar-refractivity contribution < 1.29 is 17.6 Å². The number of nitrogens with zero attached hydrogens (tertiary/aromatic N) is 2. The Kier molecular flexibility index (Phi) is 4.60. The fourth-order valence-corrected chi connectivity index (χ4v) is 3.61. The van der Waals surface area contributed by atoms with Crippen LogP contribution in [-0.4, -0.2) is 55.8 Å². The second-order valence-corrected chi connectivity index (χ2v) is 6.91. The van der Waals surface area contributed by atoms with Gasteiger partial charge in [0.1, 0.15) is 5.82 Å². The summed E-state index contributed by atoms with van der Waals surface area (Å²) in [4.78, 5) is 13.4. The monoisotopic (exact) mass is 315 g/mol. The highest BCUT2D eigenvalue weighted by Crippen LogP contribution is 2.18. The van der Waals surface area contributed by atoms with Crippen LogP contribution in [0, 0.1) is 5.82 Å². The van der Waals surface area contributed by atoms with Gasteiger partial charge in [-0.05, 0) is 31.2 Å². The van der Waals surface area contributed by atoms with Crippen molar-refractivity contribution in [2.75, 3.05) is 26.2 Å². The number of sulfonamides is 1. The molecule has 1 aliphatic heterocycles. The number of halogens is 1. The molecule has 0 bridgehead atoms. The van der Waals surface area contributed by atoms with Crippen LogP contribution in [0.1, 0.15) is 6.92 Å². The predicted octanol–water partition coefficient (Wildman–Crippen LogP) is 0.00580. The molecule has 2 rings (SSSR count). The molecule has 8 heteroatoms. The normalized spacial score (nSPS) is 18.5. The van der Waals surface area contributed by atoms with Crippen LogP contribution < -0.4 is 5.73 Å². The van der Waals surface area contributed by atoms with Crippen LogP contribution in [0.25, 0.3) is 0 Å². The number of piperazine rings is 1. The highest BCUT2D eigenvalue weighted by molar-refractivity contribution is 7.89. The highest BCUT2D eigenvalue weighted by atomic mass is 32.2. The van der Waals surface area contributed by atoms with E-state index < -0.39 is 21.9 Å². The van der Waals surface area contributed by atoms with E-state index in [-0.39, 0.29) is 23.9 Å². The number of carbonyl (C=O) groups excluding carboxylic acids is 1. The number of rotatable bonds is 3. The smallest absolute Gasteiger partial charge is 0.243 e. The maximum Gasteiger partial charge on any atom is 0.243 e. The average molecular weight is 315 g/mol. The van der Waals surface area contributed by atoms with Gasteiger partial charge in [0.2, 0.25) is 15.9 Å². The van der Waals surface area contributed by atoms with Crippen LogP contribution in [0.15, 0.2) is 29.2 Å². The maximum atomic E-state index is 12.9. The molecule has 1 amide bonds. The zero-order chi connectivity index (χ0) is 15.6. The summed E-state index contributed by atoms with van der Waals surface area (Å²) in [6, 6.07) is 4.12. The van der Waals surface area contributed by atoms with Gasteiger partial charge in [-0.3, -0.25) is 4.79 Å². The van der Waals surface area contributed by atoms with Gasteiger partial charge in [0, 0.05) is 26.2 Å². The van der Waals surface area contributed by atoms with Gasteiger partial charge in [0.25, 0.3) is 0 Å². The lowest BCUT2D eigenvalue weighted by atomic mass is 10.2. The minimum atomic E-state index is -3.65. The zero-order valence-corrected chi connectivity index (χ0v) is 12.5. The van der Waals surface area contributed by atoms with Gasteiger partial charge in [0.15, 0.2) is 0 Å². The standard InChI is InChI=1S/C13H18FN3O3S/c1-10(15)13(18)16-6-8-17(9-7-16)21(19,20)12-4-2-11(14)3-5-12/h2-5,10H,6-9,15H2,1H3. The Balaban J connectivity index is 2.07. The highest BCUT2D eigenvalue weighted by Gasteiger charge is 2.30. The Labute approximate surface area is 123 Å². The Bertz CT molecular complexity index is 608. The number of nitrogens with two attached hydrogens (primary N) is 1. The van der Waals surface area contributed by atoms with Crippen molar-refractivity contribution in [3.8, 4) is 0 Å². The van der Waals surface area contributed by atoms with E-state index in [9.17, 15) is 17.6 Å². The minimum absolute atomic E-state index is 0.0517. The molecule has 2 N–H and O–H groups in total.